The SMILES string of the molecule is CCOc1ccc(N(CC(=O)N/N=C\c2cc(C)n(-c3ccc(Cl)cc3)c2C)S(=O)(=O)c2ccc(Cl)cc2)cc1. The second-order valence-electron chi connectivity index (χ2n) is 8.82. The molecule has 1 amide bonds. The quantitative estimate of drug-likeness (QED) is 0.175. The number of hydrogen-bond donors (Lipinski definition) is 1. The number of aromatic nitrogens is 1. The monoisotopic (exact) mass is 598 g/mol. The first-order valence-corrected chi connectivity index (χ1v) is 14.6. The number of amides is 1. The summed E-state index contributed by atoms with van der Waals surface area (Å²) in [5, 5.41) is 5.14. The number of benzene rings is 3. The third kappa shape index (κ3) is 6.67. The van der Waals surface area contributed by atoms with Crippen LogP contribution in [0.4, 0.5) is 5.69 Å². The van der Waals surface area contributed by atoms with Crippen LogP contribution in [0.15, 0.2) is 88.9 Å². The van der Waals surface area contributed by atoms with Gasteiger partial charge in [0, 0.05) is 32.7 Å². The van der Waals surface area contributed by atoms with E-state index >= 15 is 0 Å². The minimum Gasteiger partial charge on any atom is -0.494 e. The van der Waals surface area contributed by atoms with Crippen molar-refractivity contribution in [1.82, 2.24) is 9.99 Å². The van der Waals surface area contributed by atoms with Crippen molar-refractivity contribution in [2.24, 2.45) is 5.10 Å². The number of carbonyl (C=O) groups is 1. The van der Waals surface area contributed by atoms with Crippen LogP contribution in [0, 0.1) is 13.8 Å². The molecule has 4 rings (SSSR count). The predicted molar refractivity (Wildman–Crippen MR) is 160 cm³/mol. The Morgan fingerprint density at radius 3 is 2.17 bits per heavy atom. The molecule has 1 aromatic heterocycles. The Hall–Kier alpha value is -3.79. The summed E-state index contributed by atoms with van der Waals surface area (Å²) in [6.07, 6.45) is 1.53. The minimum atomic E-state index is -4.10. The van der Waals surface area contributed by atoms with Gasteiger partial charge in [-0.15, -0.1) is 0 Å². The molecule has 0 fully saturated rings. The van der Waals surface area contributed by atoms with Crippen molar-refractivity contribution in [3.8, 4) is 11.4 Å². The van der Waals surface area contributed by atoms with Gasteiger partial charge in [-0.25, -0.2) is 13.8 Å². The first kappa shape index (κ1) is 29.2. The van der Waals surface area contributed by atoms with Gasteiger partial charge in [0.15, 0.2) is 0 Å². The smallest absolute Gasteiger partial charge is 0.264 e. The molecule has 0 aliphatic heterocycles. The van der Waals surface area contributed by atoms with E-state index in [1.165, 1.54) is 30.5 Å². The van der Waals surface area contributed by atoms with Crippen molar-refractivity contribution in [1.29, 1.82) is 0 Å². The number of carbonyl (C=O) groups excluding carboxylic acids is 1. The Kier molecular flexibility index (Phi) is 9.19. The molecule has 4 aromatic rings. The number of anilines is 1. The minimum absolute atomic E-state index is 0.00303. The number of nitrogens with one attached hydrogen (secondary N) is 1. The molecular formula is C29H28Cl2N4O4S. The molecule has 208 valence electrons. The third-order valence-electron chi connectivity index (χ3n) is 6.07. The molecule has 3 aromatic carbocycles. The van der Waals surface area contributed by atoms with E-state index in [2.05, 4.69) is 10.5 Å². The number of hydrazone groups is 1. The third-order valence-corrected chi connectivity index (χ3v) is 8.36. The molecule has 0 aliphatic carbocycles. The molecule has 0 spiro atoms. The lowest BCUT2D eigenvalue weighted by Gasteiger charge is -2.24. The lowest BCUT2D eigenvalue weighted by atomic mass is 10.2. The van der Waals surface area contributed by atoms with Crippen molar-refractivity contribution in [3.05, 3.63) is 106 Å². The van der Waals surface area contributed by atoms with Crippen LogP contribution in [0.1, 0.15) is 23.9 Å². The van der Waals surface area contributed by atoms with Gasteiger partial charge in [0.2, 0.25) is 0 Å². The standard InChI is InChI=1S/C29H28Cl2N4O4S/c1-4-39-27-13-11-25(12-14-27)34(40(37,38)28-15-7-24(31)8-16-28)19-29(36)33-32-18-22-17-20(2)35(21(22)3)26-9-5-23(30)6-10-26/h5-18H,4,19H2,1-3H3,(H,33,36)/b32-18-. The average Bonchev–Trinajstić information content (AvgIpc) is 3.21. The summed E-state index contributed by atoms with van der Waals surface area (Å²) in [6, 6.07) is 21.6. The highest BCUT2D eigenvalue weighted by molar-refractivity contribution is 7.92. The van der Waals surface area contributed by atoms with E-state index in [4.69, 9.17) is 27.9 Å². The van der Waals surface area contributed by atoms with Crippen LogP contribution in [-0.2, 0) is 14.8 Å². The van der Waals surface area contributed by atoms with Crippen molar-refractivity contribution in [2.75, 3.05) is 17.5 Å². The molecule has 1 heterocycles. The van der Waals surface area contributed by atoms with Crippen molar-refractivity contribution in [3.63, 3.8) is 0 Å². The van der Waals surface area contributed by atoms with E-state index in [0.717, 1.165) is 26.9 Å². The molecule has 0 unspecified atom stereocenters. The molecule has 0 atom stereocenters. The van der Waals surface area contributed by atoms with E-state index in [1.807, 2.05) is 55.7 Å². The van der Waals surface area contributed by atoms with Crippen LogP contribution in [0.5, 0.6) is 5.75 Å². The van der Waals surface area contributed by atoms with E-state index in [9.17, 15) is 13.2 Å². The Balaban J connectivity index is 1.55. The fourth-order valence-corrected chi connectivity index (χ4v) is 5.84. The zero-order chi connectivity index (χ0) is 28.9. The first-order valence-electron chi connectivity index (χ1n) is 12.4. The van der Waals surface area contributed by atoms with E-state index in [0.29, 0.717) is 28.1 Å². The first-order chi connectivity index (χ1) is 19.1. The average molecular weight is 600 g/mol. The summed E-state index contributed by atoms with van der Waals surface area (Å²) in [5.41, 5.74) is 6.38. The Morgan fingerprint density at radius 2 is 1.57 bits per heavy atom. The van der Waals surface area contributed by atoms with Crippen molar-refractivity contribution >= 4 is 51.0 Å². The van der Waals surface area contributed by atoms with Gasteiger partial charge < -0.3 is 9.30 Å². The normalized spacial score (nSPS) is 11.5. The van der Waals surface area contributed by atoms with Crippen LogP contribution in [-0.4, -0.2) is 38.3 Å². The molecule has 8 nitrogen and oxygen atoms in total. The second kappa shape index (κ2) is 12.6. The zero-order valence-electron chi connectivity index (χ0n) is 22.1. The number of ether oxygens (including phenoxy) is 1. The summed E-state index contributed by atoms with van der Waals surface area (Å²) >= 11 is 12.0. The van der Waals surface area contributed by atoms with Gasteiger partial charge in [0.1, 0.15) is 12.3 Å². The van der Waals surface area contributed by atoms with Gasteiger partial charge in [0.05, 0.1) is 23.4 Å². The van der Waals surface area contributed by atoms with E-state index < -0.39 is 22.5 Å². The molecule has 1 N–H and O–H groups in total. The molecule has 0 radical (unpaired) electrons. The zero-order valence-corrected chi connectivity index (χ0v) is 24.5. The molecule has 0 saturated heterocycles. The van der Waals surface area contributed by atoms with Crippen LogP contribution >= 0.6 is 23.2 Å². The van der Waals surface area contributed by atoms with E-state index in [-0.39, 0.29) is 4.90 Å². The van der Waals surface area contributed by atoms with Crippen molar-refractivity contribution < 1.29 is 17.9 Å². The lowest BCUT2D eigenvalue weighted by Crippen LogP contribution is -2.39. The van der Waals surface area contributed by atoms with Crippen LogP contribution in [0.3, 0.4) is 0 Å². The van der Waals surface area contributed by atoms with Crippen LogP contribution < -0.4 is 14.5 Å². The summed E-state index contributed by atoms with van der Waals surface area (Å²) < 4.78 is 35.6. The Labute approximate surface area is 243 Å². The molecule has 0 aliphatic rings. The molecular weight excluding hydrogens is 571 g/mol. The lowest BCUT2D eigenvalue weighted by molar-refractivity contribution is -0.119. The maximum Gasteiger partial charge on any atom is 0.264 e. The maximum atomic E-state index is 13.5. The number of hydrogen-bond acceptors (Lipinski definition) is 5. The molecule has 0 saturated carbocycles. The number of rotatable bonds is 10. The number of nitrogens with zero attached hydrogens (tertiary/aromatic N) is 3. The molecule has 40 heavy (non-hydrogen) atoms. The van der Waals surface area contributed by atoms with Gasteiger partial charge >= 0.3 is 0 Å². The Bertz CT molecular complexity index is 1620. The number of aryl methyl sites for hydroxylation is 1. The second-order valence-corrected chi connectivity index (χ2v) is 11.6. The number of sulfonamides is 1. The van der Waals surface area contributed by atoms with Crippen molar-refractivity contribution in [2.45, 2.75) is 25.7 Å². The molecule has 0 bridgehead atoms. The van der Waals surface area contributed by atoms with Gasteiger partial charge in [0.25, 0.3) is 15.9 Å². The van der Waals surface area contributed by atoms with Crippen LogP contribution in [0.2, 0.25) is 10.0 Å². The highest BCUT2D eigenvalue weighted by atomic mass is 35.5. The summed E-state index contributed by atoms with van der Waals surface area (Å²) in [7, 11) is -4.10. The molecule has 11 heteroatoms. The predicted octanol–water partition coefficient (Wildman–Crippen LogP) is 6.15. The van der Waals surface area contributed by atoms with Crippen LogP contribution in [0.25, 0.3) is 5.69 Å². The highest BCUT2D eigenvalue weighted by Gasteiger charge is 2.27. The Morgan fingerprint density at radius 1 is 0.975 bits per heavy atom. The topological polar surface area (TPSA) is 93.0 Å². The summed E-state index contributed by atoms with van der Waals surface area (Å²) in [5.74, 6) is -0.0328. The highest BCUT2D eigenvalue weighted by Crippen LogP contribution is 2.27. The maximum absolute atomic E-state index is 13.5. The fourth-order valence-electron chi connectivity index (χ4n) is 4.17. The largest absolute Gasteiger partial charge is 0.494 e. The van der Waals surface area contributed by atoms with Gasteiger partial charge in [-0.2, -0.15) is 5.10 Å². The van der Waals surface area contributed by atoms with Gasteiger partial charge in [-0.1, -0.05) is 23.2 Å². The van der Waals surface area contributed by atoms with Gasteiger partial charge in [-0.3, -0.25) is 9.10 Å². The fraction of sp³-hybridized carbons (Fsp3) is 0.172. The van der Waals surface area contributed by atoms with E-state index in [1.54, 1.807) is 24.3 Å². The summed E-state index contributed by atoms with van der Waals surface area (Å²) in [6.45, 7) is 5.73. The van der Waals surface area contributed by atoms with Gasteiger partial charge in [-0.05, 0) is 99.6 Å². The summed E-state index contributed by atoms with van der Waals surface area (Å²) in [4.78, 5) is 12.9. The number of halogens is 2.